The standard InChI is InChI=1S/C20H19Cl2N3O/c1-14-18(19(22)25(23-14)13-15-6-4-3-5-7-15)20(26)24(2)12-16-8-10-17(21)11-9-16/h3-11H,12-13H2,1-2H3. The summed E-state index contributed by atoms with van der Waals surface area (Å²) in [7, 11) is 1.75. The normalized spacial score (nSPS) is 10.8. The summed E-state index contributed by atoms with van der Waals surface area (Å²) in [5.41, 5.74) is 3.14. The van der Waals surface area contributed by atoms with E-state index in [9.17, 15) is 4.79 Å². The number of rotatable bonds is 5. The molecule has 3 rings (SSSR count). The molecule has 0 unspecified atom stereocenters. The maximum atomic E-state index is 12.9. The minimum Gasteiger partial charge on any atom is -0.337 e. The van der Waals surface area contributed by atoms with Crippen molar-refractivity contribution in [1.82, 2.24) is 14.7 Å². The van der Waals surface area contributed by atoms with Gasteiger partial charge in [0.05, 0.1) is 17.8 Å². The van der Waals surface area contributed by atoms with Gasteiger partial charge in [-0.25, -0.2) is 4.68 Å². The SMILES string of the molecule is Cc1nn(Cc2ccccc2)c(Cl)c1C(=O)N(C)Cc1ccc(Cl)cc1. The fraction of sp³-hybridized carbons (Fsp3) is 0.200. The summed E-state index contributed by atoms with van der Waals surface area (Å²) >= 11 is 12.4. The van der Waals surface area contributed by atoms with Crippen LogP contribution in [0.15, 0.2) is 54.6 Å². The molecule has 6 heteroatoms. The first-order chi connectivity index (χ1) is 12.5. The van der Waals surface area contributed by atoms with Crippen LogP contribution < -0.4 is 0 Å². The van der Waals surface area contributed by atoms with E-state index >= 15 is 0 Å². The third-order valence-electron chi connectivity index (χ3n) is 4.13. The number of amides is 1. The zero-order chi connectivity index (χ0) is 18.7. The van der Waals surface area contributed by atoms with Crippen molar-refractivity contribution in [3.8, 4) is 0 Å². The summed E-state index contributed by atoms with van der Waals surface area (Å²) in [5.74, 6) is -0.151. The van der Waals surface area contributed by atoms with Crippen LogP contribution in [0.3, 0.4) is 0 Å². The lowest BCUT2D eigenvalue weighted by atomic mass is 10.2. The Bertz CT molecular complexity index is 905. The highest BCUT2D eigenvalue weighted by Gasteiger charge is 2.23. The molecule has 0 aliphatic heterocycles. The number of carbonyl (C=O) groups excluding carboxylic acids is 1. The first-order valence-electron chi connectivity index (χ1n) is 8.22. The van der Waals surface area contributed by atoms with Gasteiger partial charge in [-0.15, -0.1) is 0 Å². The zero-order valence-corrected chi connectivity index (χ0v) is 16.1. The van der Waals surface area contributed by atoms with Gasteiger partial charge in [-0.2, -0.15) is 5.10 Å². The van der Waals surface area contributed by atoms with E-state index in [0.717, 1.165) is 11.1 Å². The van der Waals surface area contributed by atoms with E-state index in [2.05, 4.69) is 5.10 Å². The molecule has 1 heterocycles. The summed E-state index contributed by atoms with van der Waals surface area (Å²) in [5, 5.41) is 5.48. The van der Waals surface area contributed by atoms with Gasteiger partial charge in [-0.1, -0.05) is 65.7 Å². The number of carbonyl (C=O) groups is 1. The molecule has 3 aromatic rings. The van der Waals surface area contributed by atoms with Crippen molar-refractivity contribution in [3.05, 3.63) is 87.2 Å². The third kappa shape index (κ3) is 4.09. The molecule has 2 aromatic carbocycles. The van der Waals surface area contributed by atoms with E-state index < -0.39 is 0 Å². The van der Waals surface area contributed by atoms with Gasteiger partial charge in [0.2, 0.25) is 0 Å². The molecular weight excluding hydrogens is 369 g/mol. The fourth-order valence-electron chi connectivity index (χ4n) is 2.78. The van der Waals surface area contributed by atoms with Crippen LogP contribution in [0.1, 0.15) is 27.2 Å². The largest absolute Gasteiger partial charge is 0.337 e. The maximum Gasteiger partial charge on any atom is 0.258 e. The van der Waals surface area contributed by atoms with E-state index in [-0.39, 0.29) is 5.91 Å². The molecule has 134 valence electrons. The van der Waals surface area contributed by atoms with Gasteiger partial charge < -0.3 is 4.90 Å². The minimum absolute atomic E-state index is 0.151. The van der Waals surface area contributed by atoms with E-state index in [4.69, 9.17) is 23.2 Å². The predicted octanol–water partition coefficient (Wildman–Crippen LogP) is 4.82. The van der Waals surface area contributed by atoms with Crippen molar-refractivity contribution in [3.63, 3.8) is 0 Å². The van der Waals surface area contributed by atoms with Crippen LogP contribution in [0.4, 0.5) is 0 Å². The van der Waals surface area contributed by atoms with Crippen LogP contribution in [0, 0.1) is 6.92 Å². The van der Waals surface area contributed by atoms with E-state index in [1.165, 1.54) is 0 Å². The van der Waals surface area contributed by atoms with E-state index in [1.54, 1.807) is 23.6 Å². The van der Waals surface area contributed by atoms with Crippen molar-refractivity contribution in [2.45, 2.75) is 20.0 Å². The van der Waals surface area contributed by atoms with Gasteiger partial charge >= 0.3 is 0 Å². The average molecular weight is 388 g/mol. The lowest BCUT2D eigenvalue weighted by molar-refractivity contribution is 0.0784. The summed E-state index contributed by atoms with van der Waals surface area (Å²) < 4.78 is 1.66. The summed E-state index contributed by atoms with van der Waals surface area (Å²) in [6.45, 7) is 2.79. The predicted molar refractivity (Wildman–Crippen MR) is 105 cm³/mol. The second kappa shape index (κ2) is 7.94. The molecule has 0 aliphatic carbocycles. The smallest absolute Gasteiger partial charge is 0.258 e. The highest BCUT2D eigenvalue weighted by Crippen LogP contribution is 2.23. The first-order valence-corrected chi connectivity index (χ1v) is 8.98. The number of aryl methyl sites for hydroxylation is 1. The third-order valence-corrected chi connectivity index (χ3v) is 4.77. The molecule has 0 spiro atoms. The molecule has 0 radical (unpaired) electrons. The van der Waals surface area contributed by atoms with Gasteiger partial charge in [-0.05, 0) is 30.2 Å². The average Bonchev–Trinajstić information content (AvgIpc) is 2.90. The van der Waals surface area contributed by atoms with Crippen molar-refractivity contribution in [2.75, 3.05) is 7.05 Å². The van der Waals surface area contributed by atoms with Crippen molar-refractivity contribution in [2.24, 2.45) is 0 Å². The summed E-state index contributed by atoms with van der Waals surface area (Å²) in [6.07, 6.45) is 0. The summed E-state index contributed by atoms with van der Waals surface area (Å²) in [4.78, 5) is 14.5. The van der Waals surface area contributed by atoms with Gasteiger partial charge in [0.1, 0.15) is 5.15 Å². The number of halogens is 2. The molecular formula is C20H19Cl2N3O. The van der Waals surface area contributed by atoms with Gasteiger partial charge in [0.15, 0.2) is 0 Å². The lowest BCUT2D eigenvalue weighted by Crippen LogP contribution is -2.26. The minimum atomic E-state index is -0.151. The Balaban J connectivity index is 1.79. The Morgan fingerprint density at radius 3 is 2.35 bits per heavy atom. The zero-order valence-electron chi connectivity index (χ0n) is 14.6. The Morgan fingerprint density at radius 2 is 1.69 bits per heavy atom. The van der Waals surface area contributed by atoms with Gasteiger partial charge in [0.25, 0.3) is 5.91 Å². The highest BCUT2D eigenvalue weighted by molar-refractivity contribution is 6.33. The van der Waals surface area contributed by atoms with E-state index in [1.807, 2.05) is 54.6 Å². The Hall–Kier alpha value is -2.30. The second-order valence-electron chi connectivity index (χ2n) is 6.18. The molecule has 4 nitrogen and oxygen atoms in total. The van der Waals surface area contributed by atoms with Crippen LogP contribution in [-0.2, 0) is 13.1 Å². The van der Waals surface area contributed by atoms with Crippen LogP contribution in [0.25, 0.3) is 0 Å². The molecule has 0 bridgehead atoms. The number of hydrogen-bond acceptors (Lipinski definition) is 2. The van der Waals surface area contributed by atoms with Crippen molar-refractivity contribution >= 4 is 29.1 Å². The van der Waals surface area contributed by atoms with Gasteiger partial charge in [-0.3, -0.25) is 4.79 Å². The van der Waals surface area contributed by atoms with Crippen LogP contribution in [0.5, 0.6) is 0 Å². The molecule has 0 aliphatic rings. The topological polar surface area (TPSA) is 38.1 Å². The molecule has 0 saturated carbocycles. The van der Waals surface area contributed by atoms with Crippen LogP contribution >= 0.6 is 23.2 Å². The molecule has 0 saturated heterocycles. The number of hydrogen-bond donors (Lipinski definition) is 0. The number of benzene rings is 2. The monoisotopic (exact) mass is 387 g/mol. The van der Waals surface area contributed by atoms with Crippen LogP contribution in [0.2, 0.25) is 10.2 Å². The number of aromatic nitrogens is 2. The quantitative estimate of drug-likeness (QED) is 0.629. The van der Waals surface area contributed by atoms with Crippen LogP contribution in [-0.4, -0.2) is 27.6 Å². The highest BCUT2D eigenvalue weighted by atomic mass is 35.5. The first kappa shape index (κ1) is 18.5. The summed E-state index contributed by atoms with van der Waals surface area (Å²) in [6, 6.07) is 17.3. The van der Waals surface area contributed by atoms with Crippen molar-refractivity contribution < 1.29 is 4.79 Å². The van der Waals surface area contributed by atoms with Gasteiger partial charge in [0, 0.05) is 18.6 Å². The maximum absolute atomic E-state index is 12.9. The molecule has 0 atom stereocenters. The molecule has 1 amide bonds. The Kier molecular flexibility index (Phi) is 5.64. The fourth-order valence-corrected chi connectivity index (χ4v) is 3.22. The molecule has 0 fully saturated rings. The van der Waals surface area contributed by atoms with Crippen molar-refractivity contribution in [1.29, 1.82) is 0 Å². The molecule has 26 heavy (non-hydrogen) atoms. The van der Waals surface area contributed by atoms with E-state index in [0.29, 0.717) is 34.5 Å². The Labute approximate surface area is 163 Å². The second-order valence-corrected chi connectivity index (χ2v) is 6.98. The Morgan fingerprint density at radius 1 is 1.04 bits per heavy atom. The lowest BCUT2D eigenvalue weighted by Gasteiger charge is -2.17. The number of nitrogens with zero attached hydrogens (tertiary/aromatic N) is 3. The molecule has 1 aromatic heterocycles. The molecule has 0 N–H and O–H groups in total.